The number of nitrogens with one attached hydrogen (secondary N) is 1. The molecule has 0 aliphatic heterocycles. The first-order valence-electron chi connectivity index (χ1n) is 5.46. The SMILES string of the molecule is O=C(NC1CCCC1)c1cc(I)ccc1O. The monoisotopic (exact) mass is 331 g/mol. The van der Waals surface area contributed by atoms with Crippen molar-refractivity contribution in [3.8, 4) is 5.75 Å². The number of rotatable bonds is 2. The van der Waals surface area contributed by atoms with Crippen LogP contribution in [-0.2, 0) is 0 Å². The number of hydrogen-bond donors (Lipinski definition) is 2. The van der Waals surface area contributed by atoms with Crippen molar-refractivity contribution in [2.24, 2.45) is 0 Å². The van der Waals surface area contributed by atoms with Gasteiger partial charge in [-0.1, -0.05) is 12.8 Å². The molecule has 0 bridgehead atoms. The van der Waals surface area contributed by atoms with Gasteiger partial charge in [-0.3, -0.25) is 4.79 Å². The Bertz CT molecular complexity index is 400. The minimum Gasteiger partial charge on any atom is -0.507 e. The van der Waals surface area contributed by atoms with E-state index in [0.29, 0.717) is 5.56 Å². The highest BCUT2D eigenvalue weighted by Gasteiger charge is 2.19. The van der Waals surface area contributed by atoms with Crippen LogP contribution in [0.5, 0.6) is 5.75 Å². The van der Waals surface area contributed by atoms with Crippen LogP contribution in [0.1, 0.15) is 36.0 Å². The van der Waals surface area contributed by atoms with E-state index in [1.54, 1.807) is 18.2 Å². The maximum Gasteiger partial charge on any atom is 0.255 e. The molecule has 1 aromatic rings. The summed E-state index contributed by atoms with van der Waals surface area (Å²) >= 11 is 2.13. The fourth-order valence-corrected chi connectivity index (χ4v) is 2.51. The maximum atomic E-state index is 11.9. The zero-order chi connectivity index (χ0) is 11.5. The summed E-state index contributed by atoms with van der Waals surface area (Å²) in [5, 5.41) is 12.6. The lowest BCUT2D eigenvalue weighted by atomic mass is 10.1. The zero-order valence-corrected chi connectivity index (χ0v) is 11.0. The normalized spacial score (nSPS) is 16.3. The molecule has 1 amide bonds. The van der Waals surface area contributed by atoms with Gasteiger partial charge in [-0.2, -0.15) is 0 Å². The first kappa shape index (κ1) is 11.7. The summed E-state index contributed by atoms with van der Waals surface area (Å²) in [5.74, 6) is -0.112. The van der Waals surface area contributed by atoms with Crippen molar-refractivity contribution in [3.05, 3.63) is 27.3 Å². The molecule has 4 heteroatoms. The summed E-state index contributed by atoms with van der Waals surface area (Å²) in [7, 11) is 0. The molecule has 0 unspecified atom stereocenters. The number of phenols is 1. The second-order valence-corrected chi connectivity index (χ2v) is 5.36. The molecule has 1 aliphatic rings. The Morgan fingerprint density at radius 1 is 1.38 bits per heavy atom. The minimum atomic E-state index is -0.164. The molecular formula is C12H14INO2. The van der Waals surface area contributed by atoms with E-state index in [9.17, 15) is 9.90 Å². The fourth-order valence-electron chi connectivity index (χ4n) is 2.02. The van der Waals surface area contributed by atoms with Crippen LogP contribution in [0.25, 0.3) is 0 Å². The number of carbonyl (C=O) groups is 1. The smallest absolute Gasteiger partial charge is 0.255 e. The lowest BCUT2D eigenvalue weighted by Crippen LogP contribution is -2.32. The van der Waals surface area contributed by atoms with Gasteiger partial charge >= 0.3 is 0 Å². The van der Waals surface area contributed by atoms with E-state index in [1.165, 1.54) is 12.8 Å². The number of halogens is 1. The molecular weight excluding hydrogens is 317 g/mol. The van der Waals surface area contributed by atoms with Crippen molar-refractivity contribution in [3.63, 3.8) is 0 Å². The van der Waals surface area contributed by atoms with E-state index in [0.717, 1.165) is 16.4 Å². The maximum absolute atomic E-state index is 11.9. The van der Waals surface area contributed by atoms with E-state index in [-0.39, 0.29) is 17.7 Å². The topological polar surface area (TPSA) is 49.3 Å². The lowest BCUT2D eigenvalue weighted by molar-refractivity contribution is 0.0935. The molecule has 2 rings (SSSR count). The second-order valence-electron chi connectivity index (χ2n) is 4.12. The number of hydrogen-bond acceptors (Lipinski definition) is 2. The van der Waals surface area contributed by atoms with Crippen molar-refractivity contribution in [1.29, 1.82) is 0 Å². The Hall–Kier alpha value is -0.780. The predicted molar refractivity (Wildman–Crippen MR) is 70.5 cm³/mol. The first-order valence-corrected chi connectivity index (χ1v) is 6.54. The Labute approximate surface area is 108 Å². The molecule has 86 valence electrons. The summed E-state index contributed by atoms with van der Waals surface area (Å²) in [5.41, 5.74) is 0.374. The van der Waals surface area contributed by atoms with Gasteiger partial charge in [0, 0.05) is 9.61 Å². The van der Waals surface area contributed by atoms with Crippen molar-refractivity contribution < 1.29 is 9.90 Å². The number of aromatic hydroxyl groups is 1. The quantitative estimate of drug-likeness (QED) is 0.819. The molecule has 0 heterocycles. The highest BCUT2D eigenvalue weighted by Crippen LogP contribution is 2.22. The Balaban J connectivity index is 2.10. The molecule has 0 radical (unpaired) electrons. The predicted octanol–water partition coefficient (Wildman–Crippen LogP) is 2.67. The van der Waals surface area contributed by atoms with Gasteiger partial charge in [0.15, 0.2) is 0 Å². The Kier molecular flexibility index (Phi) is 3.68. The minimum absolute atomic E-state index is 0.0518. The van der Waals surface area contributed by atoms with Crippen molar-refractivity contribution in [2.45, 2.75) is 31.7 Å². The van der Waals surface area contributed by atoms with Gasteiger partial charge in [0.1, 0.15) is 5.75 Å². The lowest BCUT2D eigenvalue weighted by Gasteiger charge is -2.12. The number of carbonyl (C=O) groups excluding carboxylic acids is 1. The molecule has 1 aromatic carbocycles. The zero-order valence-electron chi connectivity index (χ0n) is 8.87. The number of phenolic OH excluding ortho intramolecular Hbond substituents is 1. The van der Waals surface area contributed by atoms with Gasteiger partial charge in [0.2, 0.25) is 0 Å². The van der Waals surface area contributed by atoms with Crippen LogP contribution >= 0.6 is 22.6 Å². The fraction of sp³-hybridized carbons (Fsp3) is 0.417. The third kappa shape index (κ3) is 2.66. The van der Waals surface area contributed by atoms with E-state index in [4.69, 9.17) is 0 Å². The molecule has 1 saturated carbocycles. The summed E-state index contributed by atoms with van der Waals surface area (Å²) in [6.07, 6.45) is 4.47. The van der Waals surface area contributed by atoms with Crippen molar-refractivity contribution >= 4 is 28.5 Å². The third-order valence-electron chi connectivity index (χ3n) is 2.89. The summed E-state index contributed by atoms with van der Waals surface area (Å²) in [6.45, 7) is 0. The van der Waals surface area contributed by atoms with Gasteiger partial charge < -0.3 is 10.4 Å². The highest BCUT2D eigenvalue weighted by molar-refractivity contribution is 14.1. The summed E-state index contributed by atoms with van der Waals surface area (Å²) in [4.78, 5) is 11.9. The van der Waals surface area contributed by atoms with Crippen LogP contribution in [0.2, 0.25) is 0 Å². The van der Waals surface area contributed by atoms with E-state index in [2.05, 4.69) is 27.9 Å². The number of benzene rings is 1. The van der Waals surface area contributed by atoms with Crippen LogP contribution < -0.4 is 5.32 Å². The van der Waals surface area contributed by atoms with Gasteiger partial charge in [-0.15, -0.1) is 0 Å². The summed E-state index contributed by atoms with van der Waals surface area (Å²) in [6, 6.07) is 5.33. The molecule has 2 N–H and O–H groups in total. The average molecular weight is 331 g/mol. The number of amides is 1. The molecule has 0 spiro atoms. The van der Waals surface area contributed by atoms with Gasteiger partial charge in [0.05, 0.1) is 5.56 Å². The van der Waals surface area contributed by atoms with Gasteiger partial charge in [0.25, 0.3) is 5.91 Å². The largest absolute Gasteiger partial charge is 0.507 e. The van der Waals surface area contributed by atoms with Crippen LogP contribution in [0.4, 0.5) is 0 Å². The van der Waals surface area contributed by atoms with E-state index < -0.39 is 0 Å². The van der Waals surface area contributed by atoms with Gasteiger partial charge in [-0.25, -0.2) is 0 Å². The molecule has 1 aliphatic carbocycles. The van der Waals surface area contributed by atoms with Gasteiger partial charge in [-0.05, 0) is 53.6 Å². The molecule has 0 atom stereocenters. The van der Waals surface area contributed by atoms with Crippen LogP contribution in [0.15, 0.2) is 18.2 Å². The second kappa shape index (κ2) is 5.03. The molecule has 0 aromatic heterocycles. The van der Waals surface area contributed by atoms with Crippen LogP contribution in [-0.4, -0.2) is 17.1 Å². The van der Waals surface area contributed by atoms with E-state index in [1.807, 2.05) is 0 Å². The highest BCUT2D eigenvalue weighted by atomic mass is 127. The van der Waals surface area contributed by atoms with E-state index >= 15 is 0 Å². The molecule has 1 fully saturated rings. The molecule has 16 heavy (non-hydrogen) atoms. The molecule has 3 nitrogen and oxygen atoms in total. The third-order valence-corrected chi connectivity index (χ3v) is 3.56. The summed E-state index contributed by atoms with van der Waals surface area (Å²) < 4.78 is 0.951. The Morgan fingerprint density at radius 2 is 2.06 bits per heavy atom. The first-order chi connectivity index (χ1) is 7.66. The molecule has 0 saturated heterocycles. The average Bonchev–Trinajstić information content (AvgIpc) is 2.74. The standard InChI is InChI=1S/C12H14INO2/c13-8-5-6-11(15)10(7-8)12(16)14-9-3-1-2-4-9/h5-7,9,15H,1-4H2,(H,14,16). The van der Waals surface area contributed by atoms with Crippen LogP contribution in [0, 0.1) is 3.57 Å². The van der Waals surface area contributed by atoms with Crippen LogP contribution in [0.3, 0.4) is 0 Å². The Morgan fingerprint density at radius 3 is 2.75 bits per heavy atom. The van der Waals surface area contributed by atoms with Crippen molar-refractivity contribution in [2.75, 3.05) is 0 Å². The van der Waals surface area contributed by atoms with Crippen molar-refractivity contribution in [1.82, 2.24) is 5.32 Å².